The first-order valence-corrected chi connectivity index (χ1v) is 6.99. The highest BCUT2D eigenvalue weighted by atomic mass is 79.9. The third-order valence-electron chi connectivity index (χ3n) is 3.10. The normalized spacial score (nSPS) is 15.3. The van der Waals surface area contributed by atoms with Gasteiger partial charge in [0.15, 0.2) is 0 Å². The fourth-order valence-electron chi connectivity index (χ4n) is 1.93. The smallest absolute Gasteiger partial charge is 0.313 e. The summed E-state index contributed by atoms with van der Waals surface area (Å²) >= 11 is 3.40. The maximum Gasteiger partial charge on any atom is 0.365 e. The number of benzene rings is 1. The van der Waals surface area contributed by atoms with Crippen molar-refractivity contribution in [2.45, 2.75) is 39.0 Å². The fraction of sp³-hybridized carbons (Fsp3) is 0.429. The molecular formula is C14H16BrNO2. The van der Waals surface area contributed by atoms with E-state index in [1.165, 1.54) is 6.42 Å². The molecule has 1 aromatic carbocycles. The molecule has 0 atom stereocenters. The molecule has 1 aromatic rings. The van der Waals surface area contributed by atoms with E-state index in [0.29, 0.717) is 5.56 Å². The summed E-state index contributed by atoms with van der Waals surface area (Å²) in [5.41, 5.74) is 2.61. The van der Waals surface area contributed by atoms with E-state index in [1.807, 2.05) is 13.0 Å². The first kappa shape index (κ1) is 13.3. The summed E-state index contributed by atoms with van der Waals surface area (Å²) in [5, 5.41) is 3.96. The number of oxime groups is 1. The topological polar surface area (TPSA) is 38.7 Å². The summed E-state index contributed by atoms with van der Waals surface area (Å²) in [6.45, 7) is 1.97. The van der Waals surface area contributed by atoms with Crippen molar-refractivity contribution >= 4 is 27.6 Å². The van der Waals surface area contributed by atoms with E-state index in [4.69, 9.17) is 4.84 Å². The second-order valence-electron chi connectivity index (χ2n) is 4.56. The second-order valence-corrected chi connectivity index (χ2v) is 5.42. The lowest BCUT2D eigenvalue weighted by Gasteiger charge is -2.11. The summed E-state index contributed by atoms with van der Waals surface area (Å²) in [4.78, 5) is 16.8. The van der Waals surface area contributed by atoms with Crippen LogP contribution in [0.2, 0.25) is 0 Å². The SMILES string of the molecule is Cc1ccc(C(=O)ON=C2CCCCC2)cc1Br. The molecule has 1 aliphatic rings. The summed E-state index contributed by atoms with van der Waals surface area (Å²) < 4.78 is 0.905. The molecule has 0 heterocycles. The molecule has 0 N–H and O–H groups in total. The molecule has 18 heavy (non-hydrogen) atoms. The van der Waals surface area contributed by atoms with Crippen LogP contribution in [0.5, 0.6) is 0 Å². The van der Waals surface area contributed by atoms with Gasteiger partial charge in [-0.25, -0.2) is 4.79 Å². The molecule has 96 valence electrons. The van der Waals surface area contributed by atoms with Crippen molar-refractivity contribution in [1.29, 1.82) is 0 Å². The van der Waals surface area contributed by atoms with Gasteiger partial charge in [0.2, 0.25) is 0 Å². The van der Waals surface area contributed by atoms with Gasteiger partial charge in [0.1, 0.15) is 0 Å². The van der Waals surface area contributed by atoms with Crippen molar-refractivity contribution in [2.75, 3.05) is 0 Å². The van der Waals surface area contributed by atoms with Crippen LogP contribution in [0.1, 0.15) is 48.0 Å². The molecule has 1 aliphatic carbocycles. The molecule has 1 saturated carbocycles. The van der Waals surface area contributed by atoms with E-state index in [0.717, 1.165) is 41.4 Å². The number of aryl methyl sites for hydroxylation is 1. The van der Waals surface area contributed by atoms with Crippen molar-refractivity contribution in [3.05, 3.63) is 33.8 Å². The van der Waals surface area contributed by atoms with E-state index in [2.05, 4.69) is 21.1 Å². The second kappa shape index (κ2) is 6.14. The van der Waals surface area contributed by atoms with Gasteiger partial charge >= 0.3 is 5.97 Å². The lowest BCUT2D eigenvalue weighted by Crippen LogP contribution is -2.08. The monoisotopic (exact) mass is 309 g/mol. The fourth-order valence-corrected chi connectivity index (χ4v) is 2.31. The van der Waals surface area contributed by atoms with Crippen molar-refractivity contribution in [3.63, 3.8) is 0 Å². The quantitative estimate of drug-likeness (QED) is 0.605. The van der Waals surface area contributed by atoms with Gasteiger partial charge in [-0.3, -0.25) is 0 Å². The highest BCUT2D eigenvalue weighted by Gasteiger charge is 2.11. The van der Waals surface area contributed by atoms with E-state index >= 15 is 0 Å². The van der Waals surface area contributed by atoms with Crippen LogP contribution >= 0.6 is 15.9 Å². The van der Waals surface area contributed by atoms with Gasteiger partial charge in [-0.2, -0.15) is 0 Å². The number of carbonyl (C=O) groups is 1. The van der Waals surface area contributed by atoms with Gasteiger partial charge in [-0.15, -0.1) is 0 Å². The number of hydrogen-bond acceptors (Lipinski definition) is 3. The zero-order valence-electron chi connectivity index (χ0n) is 10.4. The average Bonchev–Trinajstić information content (AvgIpc) is 2.40. The summed E-state index contributed by atoms with van der Waals surface area (Å²) in [6.07, 6.45) is 5.44. The van der Waals surface area contributed by atoms with Crippen LogP contribution in [0.25, 0.3) is 0 Å². The maximum atomic E-state index is 11.8. The Morgan fingerprint density at radius 1 is 1.28 bits per heavy atom. The minimum absolute atomic E-state index is 0.395. The van der Waals surface area contributed by atoms with E-state index < -0.39 is 5.97 Å². The molecule has 0 bridgehead atoms. The lowest BCUT2D eigenvalue weighted by molar-refractivity contribution is 0.0513. The van der Waals surface area contributed by atoms with Gasteiger partial charge in [0, 0.05) is 4.47 Å². The molecule has 0 unspecified atom stereocenters. The minimum atomic E-state index is -0.395. The maximum absolute atomic E-state index is 11.8. The highest BCUT2D eigenvalue weighted by Crippen LogP contribution is 2.19. The molecule has 0 radical (unpaired) electrons. The van der Waals surface area contributed by atoms with Gasteiger partial charge < -0.3 is 4.84 Å². The predicted molar refractivity (Wildman–Crippen MR) is 74.8 cm³/mol. The van der Waals surface area contributed by atoms with Crippen LogP contribution < -0.4 is 0 Å². The third-order valence-corrected chi connectivity index (χ3v) is 3.95. The van der Waals surface area contributed by atoms with Crippen LogP contribution in [0.15, 0.2) is 27.8 Å². The zero-order chi connectivity index (χ0) is 13.0. The Morgan fingerprint density at radius 3 is 2.67 bits per heavy atom. The lowest BCUT2D eigenvalue weighted by atomic mass is 9.99. The predicted octanol–water partition coefficient (Wildman–Crippen LogP) is 4.23. The number of rotatable bonds is 2. The number of hydrogen-bond donors (Lipinski definition) is 0. The Hall–Kier alpha value is -1.16. The van der Waals surface area contributed by atoms with Crippen LogP contribution in [-0.4, -0.2) is 11.7 Å². The molecule has 1 fully saturated rings. The summed E-state index contributed by atoms with van der Waals surface area (Å²) in [5.74, 6) is -0.395. The van der Waals surface area contributed by atoms with E-state index in [9.17, 15) is 4.79 Å². The Labute approximate surface area is 115 Å². The molecule has 0 saturated heterocycles. The Morgan fingerprint density at radius 2 is 2.00 bits per heavy atom. The van der Waals surface area contributed by atoms with Gasteiger partial charge in [-0.1, -0.05) is 33.6 Å². The number of halogens is 1. The van der Waals surface area contributed by atoms with E-state index in [1.54, 1.807) is 12.1 Å². The van der Waals surface area contributed by atoms with Crippen molar-refractivity contribution in [2.24, 2.45) is 5.16 Å². The molecule has 0 aromatic heterocycles. The Bertz CT molecular complexity index is 475. The minimum Gasteiger partial charge on any atom is -0.313 e. The zero-order valence-corrected chi connectivity index (χ0v) is 12.0. The standard InChI is InChI=1S/C14H16BrNO2/c1-10-7-8-11(9-13(10)15)14(17)18-16-12-5-3-2-4-6-12/h7-9H,2-6H2,1H3. The van der Waals surface area contributed by atoms with Gasteiger partial charge in [0.25, 0.3) is 0 Å². The molecular weight excluding hydrogens is 294 g/mol. The Kier molecular flexibility index (Phi) is 4.53. The molecule has 3 nitrogen and oxygen atoms in total. The van der Waals surface area contributed by atoms with Crippen LogP contribution in [0, 0.1) is 6.92 Å². The molecule has 0 amide bonds. The number of carbonyl (C=O) groups excluding carboxylic acids is 1. The average molecular weight is 310 g/mol. The van der Waals surface area contributed by atoms with Crippen molar-refractivity contribution in [3.8, 4) is 0 Å². The Balaban J connectivity index is 2.00. The summed E-state index contributed by atoms with van der Waals surface area (Å²) in [7, 11) is 0. The van der Waals surface area contributed by atoms with Crippen molar-refractivity contribution in [1.82, 2.24) is 0 Å². The molecule has 4 heteroatoms. The summed E-state index contributed by atoms with van der Waals surface area (Å²) in [6, 6.07) is 5.40. The third kappa shape index (κ3) is 3.42. The largest absolute Gasteiger partial charge is 0.365 e. The van der Waals surface area contributed by atoms with Crippen LogP contribution in [0.3, 0.4) is 0 Å². The first-order chi connectivity index (χ1) is 8.66. The van der Waals surface area contributed by atoms with Crippen LogP contribution in [0.4, 0.5) is 0 Å². The molecule has 2 rings (SSSR count). The molecule has 0 spiro atoms. The molecule has 0 aliphatic heterocycles. The van der Waals surface area contributed by atoms with Crippen LogP contribution in [-0.2, 0) is 4.84 Å². The first-order valence-electron chi connectivity index (χ1n) is 6.20. The highest BCUT2D eigenvalue weighted by molar-refractivity contribution is 9.10. The van der Waals surface area contributed by atoms with Crippen molar-refractivity contribution < 1.29 is 9.63 Å². The van der Waals surface area contributed by atoms with Gasteiger partial charge in [0.05, 0.1) is 11.3 Å². The number of nitrogens with zero attached hydrogens (tertiary/aromatic N) is 1. The van der Waals surface area contributed by atoms with Gasteiger partial charge in [-0.05, 0) is 50.3 Å². The van der Waals surface area contributed by atoms with E-state index in [-0.39, 0.29) is 0 Å².